The van der Waals surface area contributed by atoms with Crippen LogP contribution in [0.1, 0.15) is 27.5 Å². The molecule has 0 unspecified atom stereocenters. The Hall–Kier alpha value is -2.24. The highest BCUT2D eigenvalue weighted by Gasteiger charge is 2.26. The summed E-state index contributed by atoms with van der Waals surface area (Å²) in [6.45, 7) is 3.90. The summed E-state index contributed by atoms with van der Waals surface area (Å²) in [4.78, 5) is 20.9. The Balaban J connectivity index is 1.75. The molecule has 2 heterocycles. The van der Waals surface area contributed by atoms with Gasteiger partial charge in [0.15, 0.2) is 0 Å². The van der Waals surface area contributed by atoms with E-state index in [2.05, 4.69) is 39.3 Å². The van der Waals surface area contributed by atoms with Gasteiger partial charge in [0.25, 0.3) is 5.91 Å². The molecule has 1 saturated heterocycles. The van der Waals surface area contributed by atoms with E-state index in [1.54, 1.807) is 13.2 Å². The van der Waals surface area contributed by atoms with Crippen LogP contribution in [0.2, 0.25) is 0 Å². The van der Waals surface area contributed by atoms with Crippen molar-refractivity contribution in [3.05, 3.63) is 65.5 Å². The maximum absolute atomic E-state index is 11.9. The number of carbonyl (C=O) groups is 1. The van der Waals surface area contributed by atoms with Crippen molar-refractivity contribution in [2.45, 2.75) is 12.6 Å². The number of hydrogen-bond donors (Lipinski definition) is 1. The van der Waals surface area contributed by atoms with Gasteiger partial charge in [-0.3, -0.25) is 19.6 Å². The number of likely N-dealkylation sites (N-methyl/N-ethyl adjacent to an activating group) is 1. The van der Waals surface area contributed by atoms with E-state index in [-0.39, 0.29) is 5.91 Å². The van der Waals surface area contributed by atoms with Crippen molar-refractivity contribution in [1.82, 2.24) is 20.1 Å². The molecule has 3 rings (SSSR count). The van der Waals surface area contributed by atoms with Gasteiger partial charge in [0.05, 0.1) is 0 Å². The van der Waals surface area contributed by atoms with Gasteiger partial charge in [-0.05, 0) is 36.4 Å². The SMILES string of the molecule is CNC(=O)c1cccc([C@H]2CN(Cc3cccnc3)CCN2C)c1. The molecule has 1 aliphatic rings. The maximum atomic E-state index is 11.9. The summed E-state index contributed by atoms with van der Waals surface area (Å²) >= 11 is 0. The molecule has 0 saturated carbocycles. The molecular weight excluding hydrogens is 300 g/mol. The largest absolute Gasteiger partial charge is 0.355 e. The zero-order chi connectivity index (χ0) is 16.9. The van der Waals surface area contributed by atoms with E-state index in [0.29, 0.717) is 11.6 Å². The molecule has 1 amide bonds. The minimum atomic E-state index is -0.0393. The first kappa shape index (κ1) is 16.6. The highest BCUT2D eigenvalue weighted by atomic mass is 16.1. The predicted octanol–water partition coefficient (Wildman–Crippen LogP) is 1.93. The Kier molecular flexibility index (Phi) is 5.23. The fraction of sp³-hybridized carbons (Fsp3) is 0.368. The molecule has 2 aromatic rings. The van der Waals surface area contributed by atoms with Crippen LogP contribution in [0, 0.1) is 0 Å². The molecule has 126 valence electrons. The fourth-order valence-electron chi connectivity index (χ4n) is 3.22. The third kappa shape index (κ3) is 3.80. The number of rotatable bonds is 4. The van der Waals surface area contributed by atoms with Crippen molar-refractivity contribution in [3.63, 3.8) is 0 Å². The lowest BCUT2D eigenvalue weighted by atomic mass is 10.00. The molecule has 0 aliphatic carbocycles. The zero-order valence-corrected chi connectivity index (χ0v) is 14.3. The molecule has 0 bridgehead atoms. The van der Waals surface area contributed by atoms with Crippen LogP contribution in [-0.4, -0.2) is 54.4 Å². The second-order valence-corrected chi connectivity index (χ2v) is 6.30. The predicted molar refractivity (Wildman–Crippen MR) is 94.7 cm³/mol. The highest BCUT2D eigenvalue weighted by Crippen LogP contribution is 2.25. The summed E-state index contributed by atoms with van der Waals surface area (Å²) in [5.74, 6) is -0.0393. The number of aromatic nitrogens is 1. The molecule has 5 nitrogen and oxygen atoms in total. The van der Waals surface area contributed by atoms with E-state index in [9.17, 15) is 4.79 Å². The summed E-state index contributed by atoms with van der Waals surface area (Å²) in [5, 5.41) is 2.69. The smallest absolute Gasteiger partial charge is 0.251 e. The minimum Gasteiger partial charge on any atom is -0.355 e. The quantitative estimate of drug-likeness (QED) is 0.934. The third-order valence-electron chi connectivity index (χ3n) is 4.62. The van der Waals surface area contributed by atoms with Crippen molar-refractivity contribution in [3.8, 4) is 0 Å². The summed E-state index contributed by atoms with van der Waals surface area (Å²) in [6.07, 6.45) is 3.74. The number of nitrogens with zero attached hydrogens (tertiary/aromatic N) is 3. The van der Waals surface area contributed by atoms with Crippen LogP contribution in [-0.2, 0) is 6.54 Å². The van der Waals surface area contributed by atoms with Gasteiger partial charge in [-0.1, -0.05) is 18.2 Å². The van der Waals surface area contributed by atoms with Gasteiger partial charge in [0, 0.05) is 57.2 Å². The van der Waals surface area contributed by atoms with Crippen LogP contribution in [0.15, 0.2) is 48.8 Å². The Labute approximate surface area is 143 Å². The normalized spacial score (nSPS) is 19.2. The molecule has 1 aromatic heterocycles. The first-order chi connectivity index (χ1) is 11.7. The van der Waals surface area contributed by atoms with Crippen LogP contribution >= 0.6 is 0 Å². The Morgan fingerprint density at radius 3 is 2.92 bits per heavy atom. The van der Waals surface area contributed by atoms with Gasteiger partial charge in [-0.15, -0.1) is 0 Å². The summed E-state index contributed by atoms with van der Waals surface area (Å²) in [6, 6.07) is 12.3. The molecular formula is C19H24N4O. The second-order valence-electron chi connectivity index (χ2n) is 6.30. The lowest BCUT2D eigenvalue weighted by Crippen LogP contribution is -2.46. The lowest BCUT2D eigenvalue weighted by Gasteiger charge is -2.39. The average molecular weight is 324 g/mol. The summed E-state index contributed by atoms with van der Waals surface area (Å²) in [7, 11) is 3.82. The first-order valence-electron chi connectivity index (χ1n) is 8.31. The molecule has 0 radical (unpaired) electrons. The Morgan fingerprint density at radius 2 is 2.17 bits per heavy atom. The second kappa shape index (κ2) is 7.55. The summed E-state index contributed by atoms with van der Waals surface area (Å²) in [5.41, 5.74) is 3.14. The van der Waals surface area contributed by atoms with Crippen molar-refractivity contribution < 1.29 is 4.79 Å². The van der Waals surface area contributed by atoms with Crippen molar-refractivity contribution in [2.24, 2.45) is 0 Å². The highest BCUT2D eigenvalue weighted by molar-refractivity contribution is 5.94. The molecule has 1 aromatic carbocycles. The molecule has 24 heavy (non-hydrogen) atoms. The minimum absolute atomic E-state index is 0.0393. The van der Waals surface area contributed by atoms with Gasteiger partial charge in [0.2, 0.25) is 0 Å². The number of piperazine rings is 1. The molecule has 1 aliphatic heterocycles. The fourth-order valence-corrected chi connectivity index (χ4v) is 3.22. The van der Waals surface area contributed by atoms with E-state index in [0.717, 1.165) is 26.2 Å². The topological polar surface area (TPSA) is 48.5 Å². The Morgan fingerprint density at radius 1 is 1.29 bits per heavy atom. The van der Waals surface area contributed by atoms with E-state index in [4.69, 9.17) is 0 Å². The molecule has 1 fully saturated rings. The van der Waals surface area contributed by atoms with E-state index in [1.165, 1.54) is 11.1 Å². The number of nitrogens with one attached hydrogen (secondary N) is 1. The van der Waals surface area contributed by atoms with Crippen molar-refractivity contribution in [2.75, 3.05) is 33.7 Å². The molecule has 1 N–H and O–H groups in total. The van der Waals surface area contributed by atoms with Gasteiger partial charge in [-0.2, -0.15) is 0 Å². The van der Waals surface area contributed by atoms with Gasteiger partial charge in [-0.25, -0.2) is 0 Å². The average Bonchev–Trinajstić information content (AvgIpc) is 2.63. The van der Waals surface area contributed by atoms with Crippen LogP contribution < -0.4 is 5.32 Å². The van der Waals surface area contributed by atoms with Crippen LogP contribution in [0.5, 0.6) is 0 Å². The van der Waals surface area contributed by atoms with Crippen LogP contribution in [0.25, 0.3) is 0 Å². The Bertz CT molecular complexity index is 689. The monoisotopic (exact) mass is 324 g/mol. The van der Waals surface area contributed by atoms with Crippen LogP contribution in [0.3, 0.4) is 0 Å². The molecule has 0 spiro atoms. The number of carbonyl (C=O) groups excluding carboxylic acids is 1. The van der Waals surface area contributed by atoms with E-state index >= 15 is 0 Å². The zero-order valence-electron chi connectivity index (χ0n) is 14.3. The maximum Gasteiger partial charge on any atom is 0.251 e. The van der Waals surface area contributed by atoms with E-state index < -0.39 is 0 Å². The van der Waals surface area contributed by atoms with Gasteiger partial charge in [0.1, 0.15) is 0 Å². The van der Waals surface area contributed by atoms with Crippen molar-refractivity contribution >= 4 is 5.91 Å². The third-order valence-corrected chi connectivity index (χ3v) is 4.62. The number of amides is 1. The number of benzene rings is 1. The number of pyridine rings is 1. The first-order valence-corrected chi connectivity index (χ1v) is 8.31. The molecule has 1 atom stereocenters. The van der Waals surface area contributed by atoms with E-state index in [1.807, 2.05) is 30.5 Å². The van der Waals surface area contributed by atoms with Gasteiger partial charge < -0.3 is 5.32 Å². The molecule has 5 heteroatoms. The van der Waals surface area contributed by atoms with Crippen molar-refractivity contribution in [1.29, 1.82) is 0 Å². The summed E-state index contributed by atoms with van der Waals surface area (Å²) < 4.78 is 0. The lowest BCUT2D eigenvalue weighted by molar-refractivity contribution is 0.0900. The van der Waals surface area contributed by atoms with Gasteiger partial charge >= 0.3 is 0 Å². The standard InChI is InChI=1S/C19H24N4O/c1-20-19(24)17-7-3-6-16(11-17)18-14-23(10-9-22(18)2)13-15-5-4-8-21-12-15/h3-8,11-12,18H,9-10,13-14H2,1-2H3,(H,20,24)/t18-/m1/s1. The number of hydrogen-bond acceptors (Lipinski definition) is 4. The van der Waals surface area contributed by atoms with Crippen LogP contribution in [0.4, 0.5) is 0 Å².